The van der Waals surface area contributed by atoms with Gasteiger partial charge in [-0.05, 0) is 37.8 Å². The van der Waals surface area contributed by atoms with Gasteiger partial charge >= 0.3 is 0 Å². The number of halogens is 1. The molecule has 0 unspecified atom stereocenters. The smallest absolute Gasteiger partial charge is 0.228 e. The van der Waals surface area contributed by atoms with Crippen LogP contribution in [0.25, 0.3) is 0 Å². The highest BCUT2D eigenvalue weighted by Gasteiger charge is 2.47. The average molecular weight is 294 g/mol. The Morgan fingerprint density at radius 1 is 1.45 bits per heavy atom. The summed E-state index contributed by atoms with van der Waals surface area (Å²) >= 11 is 6.10. The first-order valence-corrected chi connectivity index (χ1v) is 7.63. The van der Waals surface area contributed by atoms with Gasteiger partial charge in [-0.15, -0.1) is 0 Å². The minimum absolute atomic E-state index is 0.0510. The van der Waals surface area contributed by atoms with Crippen molar-refractivity contribution in [3.63, 3.8) is 0 Å². The number of amides is 1. The number of piperidine rings is 1. The van der Waals surface area contributed by atoms with Gasteiger partial charge in [0.1, 0.15) is 5.82 Å². The largest absolute Gasteiger partial charge is 0.366 e. The lowest BCUT2D eigenvalue weighted by molar-refractivity contribution is -0.137. The maximum Gasteiger partial charge on any atom is 0.228 e. The van der Waals surface area contributed by atoms with Crippen LogP contribution in [0.15, 0.2) is 18.3 Å². The lowest BCUT2D eigenvalue weighted by Gasteiger charge is -2.34. The van der Waals surface area contributed by atoms with E-state index in [4.69, 9.17) is 11.6 Å². The van der Waals surface area contributed by atoms with Crippen LogP contribution in [0.1, 0.15) is 32.6 Å². The average Bonchev–Trinajstić information content (AvgIpc) is 3.21. The fourth-order valence-electron chi connectivity index (χ4n) is 2.70. The van der Waals surface area contributed by atoms with E-state index in [1.807, 2.05) is 17.0 Å². The van der Waals surface area contributed by atoms with Crippen molar-refractivity contribution in [3.8, 4) is 0 Å². The molecule has 1 N–H and O–H groups in total. The van der Waals surface area contributed by atoms with Crippen molar-refractivity contribution in [1.82, 2.24) is 9.88 Å². The molecule has 1 aliphatic heterocycles. The molecular formula is C15H20ClN3O. The van der Waals surface area contributed by atoms with E-state index in [0.29, 0.717) is 17.0 Å². The van der Waals surface area contributed by atoms with Crippen LogP contribution >= 0.6 is 11.6 Å². The standard InChI is InChI=1S/C15H20ClN3O/c1-15(6-7-15)14(20)19-9-4-11(5-10-19)18-13-12(16)3-2-8-17-13/h2-3,8,11H,4-7,9-10H2,1H3,(H,17,18). The number of carbonyl (C=O) groups excluding carboxylic acids is 1. The highest BCUT2D eigenvalue weighted by molar-refractivity contribution is 6.32. The van der Waals surface area contributed by atoms with Gasteiger partial charge in [0.2, 0.25) is 5.91 Å². The van der Waals surface area contributed by atoms with Gasteiger partial charge in [0.25, 0.3) is 0 Å². The Morgan fingerprint density at radius 3 is 2.75 bits per heavy atom. The zero-order valence-electron chi connectivity index (χ0n) is 11.7. The van der Waals surface area contributed by atoms with E-state index in [0.717, 1.165) is 44.6 Å². The minimum atomic E-state index is -0.0510. The van der Waals surface area contributed by atoms with Crippen LogP contribution in [0, 0.1) is 5.41 Å². The van der Waals surface area contributed by atoms with E-state index in [1.54, 1.807) is 6.20 Å². The fourth-order valence-corrected chi connectivity index (χ4v) is 2.87. The molecular weight excluding hydrogens is 274 g/mol. The number of aromatic nitrogens is 1. The molecule has 0 bridgehead atoms. The molecule has 20 heavy (non-hydrogen) atoms. The molecule has 1 aliphatic carbocycles. The summed E-state index contributed by atoms with van der Waals surface area (Å²) in [6.45, 7) is 3.74. The van der Waals surface area contributed by atoms with E-state index in [-0.39, 0.29) is 5.41 Å². The molecule has 0 atom stereocenters. The summed E-state index contributed by atoms with van der Waals surface area (Å²) in [5, 5.41) is 4.03. The van der Waals surface area contributed by atoms with Gasteiger partial charge in [0.05, 0.1) is 5.02 Å². The minimum Gasteiger partial charge on any atom is -0.366 e. The molecule has 1 saturated heterocycles. The highest BCUT2D eigenvalue weighted by atomic mass is 35.5. The predicted octanol–water partition coefficient (Wildman–Crippen LogP) is 2.94. The van der Waals surface area contributed by atoms with Crippen molar-refractivity contribution in [3.05, 3.63) is 23.4 Å². The monoisotopic (exact) mass is 293 g/mol. The maximum atomic E-state index is 12.3. The Hall–Kier alpha value is -1.29. The Morgan fingerprint density at radius 2 is 2.15 bits per heavy atom. The predicted molar refractivity (Wildman–Crippen MR) is 79.8 cm³/mol. The number of anilines is 1. The van der Waals surface area contributed by atoms with Gasteiger partial charge in [0, 0.05) is 30.7 Å². The molecule has 2 aliphatic rings. The van der Waals surface area contributed by atoms with Crippen molar-refractivity contribution >= 4 is 23.3 Å². The van der Waals surface area contributed by atoms with Crippen molar-refractivity contribution in [1.29, 1.82) is 0 Å². The summed E-state index contributed by atoms with van der Waals surface area (Å²) in [6.07, 6.45) is 5.74. The molecule has 1 amide bonds. The Labute approximate surface area is 124 Å². The number of carbonyl (C=O) groups is 1. The lowest BCUT2D eigenvalue weighted by Crippen LogP contribution is -2.45. The van der Waals surface area contributed by atoms with E-state index in [2.05, 4.69) is 17.2 Å². The zero-order valence-corrected chi connectivity index (χ0v) is 12.5. The molecule has 108 valence electrons. The molecule has 0 spiro atoms. The number of hydrogen-bond acceptors (Lipinski definition) is 3. The SMILES string of the molecule is CC1(C(=O)N2CCC(Nc3ncccc3Cl)CC2)CC1. The van der Waals surface area contributed by atoms with Crippen LogP contribution in [0.3, 0.4) is 0 Å². The summed E-state index contributed by atoms with van der Waals surface area (Å²) in [6, 6.07) is 4.01. The molecule has 3 rings (SSSR count). The van der Waals surface area contributed by atoms with Crippen LogP contribution in [0.4, 0.5) is 5.82 Å². The molecule has 0 radical (unpaired) electrons. The van der Waals surface area contributed by atoms with Crippen molar-refractivity contribution in [2.24, 2.45) is 5.41 Å². The topological polar surface area (TPSA) is 45.2 Å². The number of nitrogens with one attached hydrogen (secondary N) is 1. The van der Waals surface area contributed by atoms with Gasteiger partial charge in [-0.2, -0.15) is 0 Å². The first-order valence-electron chi connectivity index (χ1n) is 7.25. The summed E-state index contributed by atoms with van der Waals surface area (Å²) in [4.78, 5) is 18.5. The van der Waals surface area contributed by atoms with E-state index >= 15 is 0 Å². The molecule has 0 aromatic carbocycles. The Kier molecular flexibility index (Phi) is 3.59. The van der Waals surface area contributed by atoms with E-state index < -0.39 is 0 Å². The lowest BCUT2D eigenvalue weighted by atomic mass is 10.0. The van der Waals surface area contributed by atoms with Crippen LogP contribution in [-0.2, 0) is 4.79 Å². The summed E-state index contributed by atoms with van der Waals surface area (Å²) < 4.78 is 0. The van der Waals surface area contributed by atoms with Crippen LogP contribution in [0.2, 0.25) is 5.02 Å². The third kappa shape index (κ3) is 2.75. The molecule has 2 fully saturated rings. The highest BCUT2D eigenvalue weighted by Crippen LogP contribution is 2.46. The van der Waals surface area contributed by atoms with Crippen molar-refractivity contribution in [2.75, 3.05) is 18.4 Å². The Balaban J connectivity index is 1.54. The van der Waals surface area contributed by atoms with Gasteiger partial charge in [-0.1, -0.05) is 18.5 Å². The van der Waals surface area contributed by atoms with Gasteiger partial charge in [0.15, 0.2) is 0 Å². The van der Waals surface area contributed by atoms with Crippen LogP contribution in [-0.4, -0.2) is 34.9 Å². The number of nitrogens with zero attached hydrogens (tertiary/aromatic N) is 2. The summed E-state index contributed by atoms with van der Waals surface area (Å²) in [5.41, 5.74) is -0.0510. The quantitative estimate of drug-likeness (QED) is 0.932. The second-order valence-corrected chi connectivity index (χ2v) is 6.51. The first kappa shape index (κ1) is 13.7. The van der Waals surface area contributed by atoms with Crippen LogP contribution < -0.4 is 5.32 Å². The van der Waals surface area contributed by atoms with Crippen LogP contribution in [0.5, 0.6) is 0 Å². The van der Waals surface area contributed by atoms with Gasteiger partial charge in [-0.3, -0.25) is 4.79 Å². The van der Waals surface area contributed by atoms with Gasteiger partial charge in [-0.25, -0.2) is 4.98 Å². The molecule has 1 aromatic rings. The van der Waals surface area contributed by atoms with E-state index in [9.17, 15) is 4.79 Å². The third-order valence-electron chi connectivity index (χ3n) is 4.40. The third-order valence-corrected chi connectivity index (χ3v) is 4.70. The summed E-state index contributed by atoms with van der Waals surface area (Å²) in [5.74, 6) is 1.08. The maximum absolute atomic E-state index is 12.3. The molecule has 1 aromatic heterocycles. The second kappa shape index (κ2) is 5.24. The normalized spacial score (nSPS) is 21.6. The molecule has 1 saturated carbocycles. The number of likely N-dealkylation sites (tertiary alicyclic amines) is 1. The number of hydrogen-bond donors (Lipinski definition) is 1. The summed E-state index contributed by atoms with van der Waals surface area (Å²) in [7, 11) is 0. The molecule has 2 heterocycles. The fraction of sp³-hybridized carbons (Fsp3) is 0.600. The van der Waals surface area contributed by atoms with Crippen molar-refractivity contribution in [2.45, 2.75) is 38.6 Å². The Bertz CT molecular complexity index is 508. The van der Waals surface area contributed by atoms with Gasteiger partial charge < -0.3 is 10.2 Å². The molecule has 4 nitrogen and oxygen atoms in total. The number of rotatable bonds is 3. The number of pyridine rings is 1. The molecule has 5 heteroatoms. The zero-order chi connectivity index (χ0) is 14.2. The van der Waals surface area contributed by atoms with E-state index in [1.165, 1.54) is 0 Å². The first-order chi connectivity index (χ1) is 9.58. The second-order valence-electron chi connectivity index (χ2n) is 6.11. The van der Waals surface area contributed by atoms with Crippen molar-refractivity contribution < 1.29 is 4.79 Å².